The van der Waals surface area contributed by atoms with Crippen molar-refractivity contribution in [2.75, 3.05) is 12.3 Å². The van der Waals surface area contributed by atoms with Crippen LogP contribution in [-0.4, -0.2) is 44.4 Å². The van der Waals surface area contributed by atoms with E-state index in [0.717, 1.165) is 0 Å². The van der Waals surface area contributed by atoms with Crippen LogP contribution in [0.15, 0.2) is 12.4 Å². The summed E-state index contributed by atoms with van der Waals surface area (Å²) in [7, 11) is 0. The van der Waals surface area contributed by atoms with Gasteiger partial charge in [0.2, 0.25) is 0 Å². The molecule has 1 aromatic heterocycles. The normalized spacial score (nSPS) is 11.9. The smallest absolute Gasteiger partial charge is 0.323 e. The lowest BCUT2D eigenvalue weighted by Crippen LogP contribution is -2.42. The fourth-order valence-corrected chi connectivity index (χ4v) is 1.44. The van der Waals surface area contributed by atoms with Crippen molar-refractivity contribution in [3.63, 3.8) is 0 Å². The fraction of sp³-hybridized carbons (Fsp3) is 0.455. The summed E-state index contributed by atoms with van der Waals surface area (Å²) in [4.78, 5) is 31.8. The van der Waals surface area contributed by atoms with Crippen LogP contribution in [0.5, 0.6) is 0 Å². The summed E-state index contributed by atoms with van der Waals surface area (Å²) in [6, 6.07) is -0.213. The van der Waals surface area contributed by atoms with Crippen LogP contribution in [0.2, 0.25) is 0 Å². The molecule has 0 saturated heterocycles. The maximum Gasteiger partial charge on any atom is 0.323 e. The summed E-state index contributed by atoms with van der Waals surface area (Å²) in [5.74, 6) is -1.59. The number of hydrogen-bond donors (Lipinski definition) is 2. The van der Waals surface area contributed by atoms with Gasteiger partial charge in [-0.3, -0.25) is 9.59 Å². The molecule has 1 heterocycles. The molecule has 0 fully saturated rings. The lowest BCUT2D eigenvalue weighted by Gasteiger charge is -2.26. The van der Waals surface area contributed by atoms with Crippen LogP contribution in [0.4, 0.5) is 5.82 Å². The van der Waals surface area contributed by atoms with E-state index in [-0.39, 0.29) is 24.1 Å². The number of carbonyl (C=O) groups excluding carboxylic acids is 1. The first-order valence-corrected chi connectivity index (χ1v) is 5.56. The van der Waals surface area contributed by atoms with Crippen LogP contribution in [0.1, 0.15) is 30.8 Å². The van der Waals surface area contributed by atoms with Crippen molar-refractivity contribution in [2.45, 2.75) is 26.3 Å². The zero-order chi connectivity index (χ0) is 13.7. The highest BCUT2D eigenvalue weighted by Crippen LogP contribution is 2.12. The maximum absolute atomic E-state index is 12.2. The van der Waals surface area contributed by atoms with Crippen molar-refractivity contribution >= 4 is 17.7 Å². The molecule has 0 aromatic carbocycles. The third kappa shape index (κ3) is 3.16. The van der Waals surface area contributed by atoms with Gasteiger partial charge >= 0.3 is 5.97 Å². The van der Waals surface area contributed by atoms with Gasteiger partial charge < -0.3 is 15.7 Å². The van der Waals surface area contributed by atoms with Gasteiger partial charge in [0.05, 0.1) is 0 Å². The first kappa shape index (κ1) is 13.9. The minimum atomic E-state index is -1.08. The number of rotatable bonds is 5. The number of carbonyl (C=O) groups is 2. The summed E-state index contributed by atoms with van der Waals surface area (Å²) in [6.07, 6.45) is 3.36. The number of carboxylic acids is 1. The van der Waals surface area contributed by atoms with E-state index in [1.807, 2.05) is 6.92 Å². The Hall–Kier alpha value is -2.18. The largest absolute Gasteiger partial charge is 0.480 e. The number of aliphatic carboxylic acids is 1. The number of amides is 1. The van der Waals surface area contributed by atoms with Crippen LogP contribution >= 0.6 is 0 Å². The second-order valence-corrected chi connectivity index (χ2v) is 3.87. The first-order valence-electron chi connectivity index (χ1n) is 5.56. The molecule has 0 aliphatic carbocycles. The maximum atomic E-state index is 12.2. The molecule has 98 valence electrons. The van der Waals surface area contributed by atoms with Crippen LogP contribution in [0.25, 0.3) is 0 Å². The van der Waals surface area contributed by atoms with Crippen LogP contribution in [0, 0.1) is 0 Å². The molecule has 3 N–H and O–H groups in total. The van der Waals surface area contributed by atoms with E-state index < -0.39 is 11.9 Å². The van der Waals surface area contributed by atoms with Crippen molar-refractivity contribution in [1.82, 2.24) is 14.9 Å². The molecule has 0 radical (unpaired) electrons. The second kappa shape index (κ2) is 5.95. The predicted molar refractivity (Wildman–Crippen MR) is 64.9 cm³/mol. The summed E-state index contributed by atoms with van der Waals surface area (Å²) in [6.45, 7) is 3.25. The number of anilines is 1. The molecule has 1 rings (SSSR count). The SMILES string of the molecule is CCC(C)N(CC(=O)O)C(=O)c1nccnc1N. The van der Waals surface area contributed by atoms with Crippen LogP contribution in [0.3, 0.4) is 0 Å². The molecule has 1 atom stereocenters. The van der Waals surface area contributed by atoms with Gasteiger partial charge in [0, 0.05) is 18.4 Å². The number of nitrogens with two attached hydrogens (primary N) is 1. The van der Waals surface area contributed by atoms with E-state index in [9.17, 15) is 9.59 Å². The molecule has 0 bridgehead atoms. The highest BCUT2D eigenvalue weighted by atomic mass is 16.4. The van der Waals surface area contributed by atoms with E-state index in [1.54, 1.807) is 6.92 Å². The molecule has 0 spiro atoms. The van der Waals surface area contributed by atoms with Gasteiger partial charge in [0.25, 0.3) is 5.91 Å². The monoisotopic (exact) mass is 252 g/mol. The van der Waals surface area contributed by atoms with Gasteiger partial charge in [-0.2, -0.15) is 0 Å². The highest BCUT2D eigenvalue weighted by molar-refractivity contribution is 5.97. The van der Waals surface area contributed by atoms with Crippen molar-refractivity contribution in [3.8, 4) is 0 Å². The summed E-state index contributed by atoms with van der Waals surface area (Å²) in [5, 5.41) is 8.83. The highest BCUT2D eigenvalue weighted by Gasteiger charge is 2.25. The van der Waals surface area contributed by atoms with Crippen molar-refractivity contribution < 1.29 is 14.7 Å². The van der Waals surface area contributed by atoms with Gasteiger partial charge in [-0.1, -0.05) is 6.92 Å². The number of nitrogen functional groups attached to an aromatic ring is 1. The van der Waals surface area contributed by atoms with Crippen molar-refractivity contribution in [2.24, 2.45) is 0 Å². The third-order valence-electron chi connectivity index (χ3n) is 2.62. The second-order valence-electron chi connectivity index (χ2n) is 3.87. The predicted octanol–water partition coefficient (Wildman–Crippen LogP) is 0.384. The van der Waals surface area contributed by atoms with E-state index in [2.05, 4.69) is 9.97 Å². The van der Waals surface area contributed by atoms with Gasteiger partial charge in [-0.25, -0.2) is 9.97 Å². The molecule has 0 saturated carbocycles. The van der Waals surface area contributed by atoms with Crippen molar-refractivity contribution in [1.29, 1.82) is 0 Å². The van der Waals surface area contributed by atoms with Crippen LogP contribution in [-0.2, 0) is 4.79 Å². The topological polar surface area (TPSA) is 109 Å². The molecule has 1 amide bonds. The average Bonchev–Trinajstić information content (AvgIpc) is 2.34. The molecular formula is C11H16N4O3. The van der Waals surface area contributed by atoms with E-state index >= 15 is 0 Å². The third-order valence-corrected chi connectivity index (χ3v) is 2.62. The quantitative estimate of drug-likeness (QED) is 0.784. The zero-order valence-corrected chi connectivity index (χ0v) is 10.3. The summed E-state index contributed by atoms with van der Waals surface area (Å²) >= 11 is 0. The molecule has 0 aliphatic rings. The Morgan fingerprint density at radius 2 is 2.06 bits per heavy atom. The molecule has 7 heteroatoms. The van der Waals surface area contributed by atoms with Gasteiger partial charge in [-0.05, 0) is 13.3 Å². The molecule has 0 aliphatic heterocycles. The molecule has 1 aromatic rings. The molecular weight excluding hydrogens is 236 g/mol. The van der Waals surface area contributed by atoms with Crippen LogP contribution < -0.4 is 5.73 Å². The van der Waals surface area contributed by atoms with Gasteiger partial charge in [-0.15, -0.1) is 0 Å². The minimum Gasteiger partial charge on any atom is -0.480 e. The molecule has 1 unspecified atom stereocenters. The van der Waals surface area contributed by atoms with Gasteiger partial charge in [0.1, 0.15) is 6.54 Å². The number of aromatic nitrogens is 2. The summed E-state index contributed by atoms with van der Waals surface area (Å²) in [5.41, 5.74) is 5.55. The first-order chi connectivity index (χ1) is 8.47. The Balaban J connectivity index is 3.02. The van der Waals surface area contributed by atoms with Gasteiger partial charge in [0.15, 0.2) is 11.5 Å². The number of nitrogens with zero attached hydrogens (tertiary/aromatic N) is 3. The average molecular weight is 252 g/mol. The number of hydrogen-bond acceptors (Lipinski definition) is 5. The Labute approximate surface area is 105 Å². The fourth-order valence-electron chi connectivity index (χ4n) is 1.44. The lowest BCUT2D eigenvalue weighted by atomic mass is 10.2. The Morgan fingerprint density at radius 3 is 2.56 bits per heavy atom. The summed E-state index contributed by atoms with van der Waals surface area (Å²) < 4.78 is 0. The number of carboxylic acid groups (broad SMARTS) is 1. The van der Waals surface area contributed by atoms with Crippen molar-refractivity contribution in [3.05, 3.63) is 18.1 Å². The Bertz CT molecular complexity index is 450. The van der Waals surface area contributed by atoms with E-state index in [4.69, 9.17) is 10.8 Å². The van der Waals surface area contributed by atoms with E-state index in [1.165, 1.54) is 17.3 Å². The Morgan fingerprint density at radius 1 is 1.44 bits per heavy atom. The molecule has 18 heavy (non-hydrogen) atoms. The zero-order valence-electron chi connectivity index (χ0n) is 10.3. The minimum absolute atomic E-state index is 0.00110. The lowest BCUT2D eigenvalue weighted by molar-refractivity contribution is -0.138. The Kier molecular flexibility index (Phi) is 4.59. The standard InChI is InChI=1S/C11H16N4O3/c1-3-7(2)15(6-8(16)17)11(18)9-10(12)14-5-4-13-9/h4-5,7H,3,6H2,1-2H3,(H2,12,14)(H,16,17). The molecule has 7 nitrogen and oxygen atoms in total. The van der Waals surface area contributed by atoms with E-state index in [0.29, 0.717) is 6.42 Å².